The Morgan fingerprint density at radius 2 is 1.84 bits per heavy atom. The van der Waals surface area contributed by atoms with E-state index in [0.29, 0.717) is 37.6 Å². The van der Waals surface area contributed by atoms with E-state index in [1.807, 2.05) is 0 Å². The molecule has 130 valence electrons. The van der Waals surface area contributed by atoms with E-state index >= 15 is 0 Å². The Balaban J connectivity index is 1.75. The molecule has 0 unspecified atom stereocenters. The van der Waals surface area contributed by atoms with Crippen LogP contribution in [0.4, 0.5) is 16.0 Å². The molecule has 0 bridgehead atoms. The number of benzene rings is 1. The molecular weight excluding hydrogens is 325 g/mol. The molecular formula is C17H18FN5O2. The van der Waals surface area contributed by atoms with Crippen LogP contribution in [-0.2, 0) is 4.79 Å². The van der Waals surface area contributed by atoms with E-state index in [1.165, 1.54) is 12.1 Å². The summed E-state index contributed by atoms with van der Waals surface area (Å²) in [5, 5.41) is 2.97. The summed E-state index contributed by atoms with van der Waals surface area (Å²) in [6.45, 7) is 3.75. The molecule has 1 fully saturated rings. The van der Waals surface area contributed by atoms with Gasteiger partial charge in [0.1, 0.15) is 11.5 Å². The molecule has 25 heavy (non-hydrogen) atoms. The van der Waals surface area contributed by atoms with Crippen molar-refractivity contribution in [2.24, 2.45) is 0 Å². The van der Waals surface area contributed by atoms with Crippen LogP contribution in [-0.4, -0.2) is 58.3 Å². The van der Waals surface area contributed by atoms with Gasteiger partial charge >= 0.3 is 0 Å². The van der Waals surface area contributed by atoms with Crippen molar-refractivity contribution in [2.75, 3.05) is 31.5 Å². The summed E-state index contributed by atoms with van der Waals surface area (Å²) in [5.41, 5.74) is 1.57. The average Bonchev–Trinajstić information content (AvgIpc) is 2.62. The van der Waals surface area contributed by atoms with Crippen LogP contribution in [0.3, 0.4) is 0 Å². The molecule has 1 aliphatic heterocycles. The third-order valence-electron chi connectivity index (χ3n) is 3.92. The van der Waals surface area contributed by atoms with Gasteiger partial charge in [-0.3, -0.25) is 9.59 Å². The van der Waals surface area contributed by atoms with Gasteiger partial charge in [0, 0.05) is 37.6 Å². The standard InChI is InChI=1S/C17H18FN5O2/c1-12-10-15(16(25)23-8-6-22(11-24)7-9-23)21-17(19-12)20-14-4-2-13(18)3-5-14/h2-5,10-11H,6-9H2,1H3,(H,19,20,21). The molecule has 0 atom stereocenters. The van der Waals surface area contributed by atoms with E-state index in [4.69, 9.17) is 0 Å². The van der Waals surface area contributed by atoms with Crippen molar-refractivity contribution in [3.63, 3.8) is 0 Å². The minimum Gasteiger partial charge on any atom is -0.342 e. The second-order valence-electron chi connectivity index (χ2n) is 5.78. The molecule has 1 aliphatic rings. The van der Waals surface area contributed by atoms with Gasteiger partial charge in [0.15, 0.2) is 0 Å². The maximum absolute atomic E-state index is 13.0. The monoisotopic (exact) mass is 343 g/mol. The Bertz CT molecular complexity index is 773. The zero-order valence-corrected chi connectivity index (χ0v) is 13.8. The molecule has 2 amide bonds. The van der Waals surface area contributed by atoms with E-state index in [1.54, 1.807) is 34.9 Å². The molecule has 0 spiro atoms. The fraction of sp³-hybridized carbons (Fsp3) is 0.294. The van der Waals surface area contributed by atoms with Crippen LogP contribution in [0.25, 0.3) is 0 Å². The van der Waals surface area contributed by atoms with Crippen molar-refractivity contribution in [1.29, 1.82) is 0 Å². The summed E-state index contributed by atoms with van der Waals surface area (Å²) < 4.78 is 13.0. The van der Waals surface area contributed by atoms with Crippen LogP contribution >= 0.6 is 0 Å². The molecule has 1 saturated heterocycles. The number of nitrogens with zero attached hydrogens (tertiary/aromatic N) is 4. The van der Waals surface area contributed by atoms with Gasteiger partial charge in [-0.15, -0.1) is 0 Å². The van der Waals surface area contributed by atoms with Gasteiger partial charge in [0.05, 0.1) is 0 Å². The number of carbonyl (C=O) groups is 2. The normalized spacial score (nSPS) is 14.3. The van der Waals surface area contributed by atoms with Crippen LogP contribution in [0, 0.1) is 12.7 Å². The Labute approximate surface area is 144 Å². The molecule has 0 aliphatic carbocycles. The van der Waals surface area contributed by atoms with Crippen LogP contribution < -0.4 is 5.32 Å². The van der Waals surface area contributed by atoms with Gasteiger partial charge in [-0.25, -0.2) is 14.4 Å². The predicted molar refractivity (Wildman–Crippen MR) is 90.0 cm³/mol. The number of amides is 2. The second-order valence-corrected chi connectivity index (χ2v) is 5.78. The summed E-state index contributed by atoms with van der Waals surface area (Å²) >= 11 is 0. The van der Waals surface area contributed by atoms with Crippen molar-refractivity contribution in [2.45, 2.75) is 6.92 Å². The van der Waals surface area contributed by atoms with Gasteiger partial charge in [-0.05, 0) is 37.3 Å². The Morgan fingerprint density at radius 3 is 2.48 bits per heavy atom. The number of hydrogen-bond donors (Lipinski definition) is 1. The lowest BCUT2D eigenvalue weighted by atomic mass is 10.2. The number of anilines is 2. The van der Waals surface area contributed by atoms with Crippen molar-refractivity contribution < 1.29 is 14.0 Å². The molecule has 2 heterocycles. The van der Waals surface area contributed by atoms with Gasteiger partial charge in [-0.1, -0.05) is 0 Å². The lowest BCUT2D eigenvalue weighted by Crippen LogP contribution is -2.48. The van der Waals surface area contributed by atoms with Crippen molar-refractivity contribution >= 4 is 24.0 Å². The topological polar surface area (TPSA) is 78.4 Å². The van der Waals surface area contributed by atoms with Crippen LogP contribution in [0.15, 0.2) is 30.3 Å². The number of halogens is 1. The van der Waals surface area contributed by atoms with Crippen LogP contribution in [0.1, 0.15) is 16.2 Å². The number of carbonyl (C=O) groups excluding carboxylic acids is 2. The first-order chi connectivity index (χ1) is 12.0. The number of hydrogen-bond acceptors (Lipinski definition) is 5. The molecule has 7 nitrogen and oxygen atoms in total. The summed E-state index contributed by atoms with van der Waals surface area (Å²) in [7, 11) is 0. The lowest BCUT2D eigenvalue weighted by Gasteiger charge is -2.32. The third kappa shape index (κ3) is 4.09. The maximum atomic E-state index is 13.0. The minimum atomic E-state index is -0.332. The van der Waals surface area contributed by atoms with Crippen molar-refractivity contribution in [1.82, 2.24) is 19.8 Å². The Morgan fingerprint density at radius 1 is 1.16 bits per heavy atom. The van der Waals surface area contributed by atoms with E-state index in [2.05, 4.69) is 15.3 Å². The summed E-state index contributed by atoms with van der Waals surface area (Å²) in [4.78, 5) is 35.3. The Kier molecular flexibility index (Phi) is 4.87. The highest BCUT2D eigenvalue weighted by molar-refractivity contribution is 5.92. The lowest BCUT2D eigenvalue weighted by molar-refractivity contribution is -0.119. The first kappa shape index (κ1) is 16.8. The van der Waals surface area contributed by atoms with E-state index < -0.39 is 0 Å². The van der Waals surface area contributed by atoms with Gasteiger partial charge in [-0.2, -0.15) is 0 Å². The highest BCUT2D eigenvalue weighted by Gasteiger charge is 2.23. The second kappa shape index (κ2) is 7.25. The first-order valence-electron chi connectivity index (χ1n) is 7.92. The summed E-state index contributed by atoms with van der Waals surface area (Å²) in [5.74, 6) is -0.249. The number of nitrogens with one attached hydrogen (secondary N) is 1. The highest BCUT2D eigenvalue weighted by atomic mass is 19.1. The fourth-order valence-electron chi connectivity index (χ4n) is 2.59. The maximum Gasteiger partial charge on any atom is 0.272 e. The zero-order chi connectivity index (χ0) is 17.8. The molecule has 0 radical (unpaired) electrons. The molecule has 3 rings (SSSR count). The summed E-state index contributed by atoms with van der Waals surface area (Å²) in [6, 6.07) is 7.43. The molecule has 8 heteroatoms. The Hall–Kier alpha value is -3.03. The first-order valence-corrected chi connectivity index (χ1v) is 7.92. The van der Waals surface area contributed by atoms with Gasteiger partial charge in [0.25, 0.3) is 5.91 Å². The molecule has 2 aromatic rings. The molecule has 1 N–H and O–H groups in total. The fourth-order valence-corrected chi connectivity index (χ4v) is 2.59. The third-order valence-corrected chi connectivity index (χ3v) is 3.92. The molecule has 1 aromatic heterocycles. The van der Waals surface area contributed by atoms with Crippen molar-refractivity contribution in [3.05, 3.63) is 47.5 Å². The number of aromatic nitrogens is 2. The summed E-state index contributed by atoms with van der Waals surface area (Å²) in [6.07, 6.45) is 0.793. The zero-order valence-electron chi connectivity index (χ0n) is 13.8. The number of piperazine rings is 1. The number of rotatable bonds is 4. The van der Waals surface area contributed by atoms with Gasteiger partial charge in [0.2, 0.25) is 12.4 Å². The highest BCUT2D eigenvalue weighted by Crippen LogP contribution is 2.15. The quantitative estimate of drug-likeness (QED) is 0.853. The minimum absolute atomic E-state index is 0.196. The van der Waals surface area contributed by atoms with E-state index in [-0.39, 0.29) is 23.4 Å². The predicted octanol–water partition coefficient (Wildman–Crippen LogP) is 1.58. The molecule has 0 saturated carbocycles. The van der Waals surface area contributed by atoms with Crippen LogP contribution in [0.2, 0.25) is 0 Å². The van der Waals surface area contributed by atoms with Crippen molar-refractivity contribution in [3.8, 4) is 0 Å². The molecule has 1 aromatic carbocycles. The average molecular weight is 343 g/mol. The SMILES string of the molecule is Cc1cc(C(=O)N2CCN(C=O)CC2)nc(Nc2ccc(F)cc2)n1. The van der Waals surface area contributed by atoms with E-state index in [0.717, 1.165) is 6.41 Å². The van der Waals surface area contributed by atoms with Gasteiger partial charge < -0.3 is 15.1 Å². The van der Waals surface area contributed by atoms with Crippen LogP contribution in [0.5, 0.6) is 0 Å². The largest absolute Gasteiger partial charge is 0.342 e. The smallest absolute Gasteiger partial charge is 0.272 e. The van der Waals surface area contributed by atoms with E-state index in [9.17, 15) is 14.0 Å². The number of aryl methyl sites for hydroxylation is 1.